The number of carbonyl (C=O) groups is 1. The second-order valence-corrected chi connectivity index (χ2v) is 7.48. The van der Waals surface area contributed by atoms with Crippen LogP contribution >= 0.6 is 0 Å². The molecule has 1 aliphatic heterocycles. The van der Waals surface area contributed by atoms with Gasteiger partial charge in [-0.2, -0.15) is 0 Å². The summed E-state index contributed by atoms with van der Waals surface area (Å²) in [5.41, 5.74) is 16.1. The molecule has 32 heavy (non-hydrogen) atoms. The first-order valence-electron chi connectivity index (χ1n) is 9.75. The summed E-state index contributed by atoms with van der Waals surface area (Å²) >= 11 is 0. The molecule has 0 spiro atoms. The quantitative estimate of drug-likeness (QED) is 0.560. The lowest BCUT2D eigenvalue weighted by Crippen LogP contribution is -2.46. The maximum atomic E-state index is 14.3. The van der Waals surface area contributed by atoms with Gasteiger partial charge in [0.05, 0.1) is 13.7 Å². The van der Waals surface area contributed by atoms with Crippen LogP contribution in [-0.4, -0.2) is 35.2 Å². The van der Waals surface area contributed by atoms with Crippen molar-refractivity contribution >= 4 is 29.2 Å². The number of aromatic nitrogens is 3. The Hall–Kier alpha value is -3.99. The Morgan fingerprint density at radius 1 is 1.22 bits per heavy atom. The number of fused-ring (bicyclic) bond motifs is 1. The van der Waals surface area contributed by atoms with Crippen LogP contribution in [0.25, 0.3) is 0 Å². The van der Waals surface area contributed by atoms with Crippen molar-refractivity contribution in [2.45, 2.75) is 19.0 Å². The fourth-order valence-corrected chi connectivity index (χ4v) is 3.75. The van der Waals surface area contributed by atoms with Gasteiger partial charge in [-0.05, 0) is 19.1 Å². The number of anilines is 4. The van der Waals surface area contributed by atoms with Gasteiger partial charge >= 0.3 is 6.09 Å². The lowest BCUT2D eigenvalue weighted by molar-refractivity contribution is 0.180. The van der Waals surface area contributed by atoms with Gasteiger partial charge in [0.25, 0.3) is 0 Å². The molecule has 1 aromatic carbocycles. The minimum absolute atomic E-state index is 0.0152. The molecule has 0 aliphatic carbocycles. The normalized spacial score (nSPS) is 17.2. The summed E-state index contributed by atoms with van der Waals surface area (Å²) in [6.07, 6.45) is 0.995. The zero-order valence-electron chi connectivity index (χ0n) is 17.8. The molecular weight excluding hydrogens is 415 g/mol. The third kappa shape index (κ3) is 3.42. The zero-order valence-corrected chi connectivity index (χ0v) is 17.8. The predicted molar refractivity (Wildman–Crippen MR) is 118 cm³/mol. The number of methoxy groups -OCH3 is 1. The third-order valence-corrected chi connectivity index (χ3v) is 5.39. The van der Waals surface area contributed by atoms with Crippen molar-refractivity contribution < 1.29 is 13.9 Å². The largest absolute Gasteiger partial charge is 0.452 e. The van der Waals surface area contributed by atoms with Gasteiger partial charge in [0.1, 0.15) is 22.9 Å². The van der Waals surface area contributed by atoms with E-state index < -0.39 is 11.6 Å². The number of carbonyl (C=O) groups excluding carboxylic acids is 1. The zero-order chi connectivity index (χ0) is 23.0. The highest BCUT2D eigenvalue weighted by Crippen LogP contribution is 2.41. The van der Waals surface area contributed by atoms with Gasteiger partial charge in [0, 0.05) is 24.4 Å². The molecule has 1 unspecified atom stereocenters. The molecule has 1 aliphatic rings. The topological polar surface area (TPSA) is 136 Å². The van der Waals surface area contributed by atoms with E-state index in [1.807, 2.05) is 13.0 Å². The number of nitrogens with one attached hydrogen (secondary N) is 1. The van der Waals surface area contributed by atoms with Crippen molar-refractivity contribution in [2.75, 3.05) is 35.5 Å². The molecule has 0 saturated heterocycles. The predicted octanol–water partition coefficient (Wildman–Crippen LogP) is 2.17. The molecule has 3 aromatic rings. The second-order valence-electron chi connectivity index (χ2n) is 7.48. The van der Waals surface area contributed by atoms with Crippen molar-refractivity contribution in [2.24, 2.45) is 0 Å². The Balaban J connectivity index is 1.75. The Morgan fingerprint density at radius 3 is 2.56 bits per heavy atom. The van der Waals surface area contributed by atoms with Gasteiger partial charge in [-0.25, -0.2) is 29.6 Å². The number of pyridine rings is 1. The smallest absolute Gasteiger partial charge is 0.413 e. The van der Waals surface area contributed by atoms with Crippen LogP contribution < -0.4 is 26.8 Å². The average molecular weight is 438 g/mol. The first kappa shape index (κ1) is 21.2. The number of ether oxygens (including phenoxy) is 1. The number of nitrogens with zero attached hydrogens (tertiary/aromatic N) is 5. The number of amides is 1. The molecule has 0 radical (unpaired) electrons. The minimum atomic E-state index is -0.959. The fraction of sp³-hybridized carbons (Fsp3) is 0.238. The number of nitrogens with two attached hydrogens (primary N) is 2. The molecular formula is C21H23FN8O2. The maximum absolute atomic E-state index is 14.3. The molecule has 3 heterocycles. The maximum Gasteiger partial charge on any atom is 0.413 e. The van der Waals surface area contributed by atoms with E-state index >= 15 is 0 Å². The molecule has 2 aromatic heterocycles. The van der Waals surface area contributed by atoms with Crippen LogP contribution in [0.1, 0.15) is 23.9 Å². The summed E-state index contributed by atoms with van der Waals surface area (Å²) in [5, 5.41) is 1.73. The van der Waals surface area contributed by atoms with E-state index in [1.165, 1.54) is 20.2 Å². The summed E-state index contributed by atoms with van der Waals surface area (Å²) in [6.45, 7) is 2.08. The van der Waals surface area contributed by atoms with E-state index in [1.54, 1.807) is 35.5 Å². The van der Waals surface area contributed by atoms with E-state index in [9.17, 15) is 9.18 Å². The number of hydrogen-bond acceptors (Lipinski definition) is 9. The molecule has 0 saturated carbocycles. The molecule has 1 atom stereocenters. The molecule has 0 fully saturated rings. The van der Waals surface area contributed by atoms with Crippen LogP contribution in [0.4, 0.5) is 32.3 Å². The summed E-state index contributed by atoms with van der Waals surface area (Å²) < 4.78 is 19.0. The Bertz CT molecular complexity index is 1170. The third-order valence-electron chi connectivity index (χ3n) is 5.39. The number of nitrogen functional groups attached to an aromatic ring is 2. The molecule has 10 nitrogen and oxygen atoms in total. The number of hydrazine groups is 1. The average Bonchev–Trinajstić information content (AvgIpc) is 3.07. The number of benzene rings is 1. The van der Waals surface area contributed by atoms with E-state index in [0.717, 1.165) is 10.5 Å². The highest BCUT2D eigenvalue weighted by Gasteiger charge is 2.44. The SMILES string of the molecule is COC(=O)N(C)c1c(N)nc(C2(C)NN(Cc3ccccc3F)c3ncccc32)nc1N. The van der Waals surface area contributed by atoms with Crippen molar-refractivity contribution in [1.29, 1.82) is 0 Å². The molecule has 1 amide bonds. The summed E-state index contributed by atoms with van der Waals surface area (Å²) in [4.78, 5) is 26.4. The number of halogens is 1. The Morgan fingerprint density at radius 2 is 1.91 bits per heavy atom. The number of rotatable bonds is 4. The lowest BCUT2D eigenvalue weighted by atomic mass is 9.93. The van der Waals surface area contributed by atoms with Crippen molar-refractivity contribution in [3.63, 3.8) is 0 Å². The van der Waals surface area contributed by atoms with E-state index in [0.29, 0.717) is 11.4 Å². The van der Waals surface area contributed by atoms with Crippen LogP contribution in [0.3, 0.4) is 0 Å². The van der Waals surface area contributed by atoms with E-state index in [2.05, 4.69) is 20.4 Å². The van der Waals surface area contributed by atoms with E-state index in [4.69, 9.17) is 16.2 Å². The van der Waals surface area contributed by atoms with Crippen LogP contribution in [-0.2, 0) is 16.8 Å². The summed E-state index contributed by atoms with van der Waals surface area (Å²) in [5.74, 6) is 0.595. The van der Waals surface area contributed by atoms with Gasteiger partial charge in [0.2, 0.25) is 0 Å². The number of hydrogen-bond donors (Lipinski definition) is 3. The summed E-state index contributed by atoms with van der Waals surface area (Å²) in [6, 6.07) is 10.2. The second kappa shape index (κ2) is 7.93. The van der Waals surface area contributed by atoms with Crippen molar-refractivity contribution in [1.82, 2.24) is 20.4 Å². The van der Waals surface area contributed by atoms with Gasteiger partial charge in [-0.15, -0.1) is 0 Å². The van der Waals surface area contributed by atoms with Crippen LogP contribution in [0, 0.1) is 5.82 Å². The molecule has 5 N–H and O–H groups in total. The van der Waals surface area contributed by atoms with Crippen LogP contribution in [0.5, 0.6) is 0 Å². The Labute approximate surface area is 184 Å². The van der Waals surface area contributed by atoms with Gasteiger partial charge in [-0.1, -0.05) is 24.3 Å². The van der Waals surface area contributed by atoms with E-state index in [-0.39, 0.29) is 35.5 Å². The standard InChI is InChI=1S/C21H23FN8O2/c1-21(19-26-16(23)15(17(24)27-19)29(2)20(31)32-3)13-8-6-10-25-18(13)30(28-21)11-12-7-4-5-9-14(12)22/h4-10,28H,11H2,1-3H3,(H4,23,24,26,27). The highest BCUT2D eigenvalue weighted by molar-refractivity contribution is 5.94. The minimum Gasteiger partial charge on any atom is -0.452 e. The Kier molecular flexibility index (Phi) is 5.26. The molecule has 166 valence electrons. The van der Waals surface area contributed by atoms with Gasteiger partial charge in [-0.3, -0.25) is 9.91 Å². The van der Waals surface area contributed by atoms with Crippen LogP contribution in [0.15, 0.2) is 42.6 Å². The van der Waals surface area contributed by atoms with Gasteiger partial charge in [0.15, 0.2) is 17.5 Å². The molecule has 0 bridgehead atoms. The first-order valence-corrected chi connectivity index (χ1v) is 9.75. The van der Waals surface area contributed by atoms with Gasteiger partial charge < -0.3 is 16.2 Å². The highest BCUT2D eigenvalue weighted by atomic mass is 19.1. The molecule has 4 rings (SSSR count). The van der Waals surface area contributed by atoms with Crippen molar-refractivity contribution in [3.8, 4) is 0 Å². The van der Waals surface area contributed by atoms with Crippen molar-refractivity contribution in [3.05, 3.63) is 65.4 Å². The lowest BCUT2D eigenvalue weighted by Gasteiger charge is -2.28. The molecule has 11 heteroatoms. The van der Waals surface area contributed by atoms with Crippen LogP contribution in [0.2, 0.25) is 0 Å². The summed E-state index contributed by atoms with van der Waals surface area (Å²) in [7, 11) is 2.71. The fourth-order valence-electron chi connectivity index (χ4n) is 3.75. The monoisotopic (exact) mass is 438 g/mol. The first-order chi connectivity index (χ1) is 15.3.